The average Bonchev–Trinajstić information content (AvgIpc) is 2.89. The Morgan fingerprint density at radius 1 is 0.741 bits per heavy atom. The zero-order valence-electron chi connectivity index (χ0n) is 16.1. The Balaban J connectivity index is 0.00000225. The molecule has 4 heteroatoms. The Labute approximate surface area is 194 Å². The molecule has 0 radical (unpaired) electrons. The number of benzene rings is 2. The summed E-state index contributed by atoms with van der Waals surface area (Å²) in [5.41, 5.74) is 3.99. The smallest absolute Gasteiger partial charge is 1.00 e. The molecule has 0 aromatic heterocycles. The van der Waals surface area contributed by atoms with Crippen molar-refractivity contribution in [1.29, 1.82) is 0 Å². The van der Waals surface area contributed by atoms with E-state index < -0.39 is 0 Å². The van der Waals surface area contributed by atoms with E-state index >= 15 is 0 Å². The fourth-order valence-corrected chi connectivity index (χ4v) is 5.98. The minimum Gasteiger partial charge on any atom is -1.00 e. The summed E-state index contributed by atoms with van der Waals surface area (Å²) >= 11 is 2.38. The van der Waals surface area contributed by atoms with Gasteiger partial charge in [0, 0.05) is 0 Å². The number of halogens is 3. The maximum absolute atomic E-state index is 2.44. The van der Waals surface area contributed by atoms with Crippen LogP contribution in [0.15, 0.2) is 84.5 Å². The minimum absolute atomic E-state index is 0. The van der Waals surface area contributed by atoms with E-state index in [9.17, 15) is 0 Å². The van der Waals surface area contributed by atoms with Crippen molar-refractivity contribution in [2.75, 3.05) is 0 Å². The second kappa shape index (κ2) is 9.81. The van der Waals surface area contributed by atoms with Gasteiger partial charge in [-0.25, -0.2) is 0 Å². The van der Waals surface area contributed by atoms with Crippen LogP contribution in [0.5, 0.6) is 0 Å². The van der Waals surface area contributed by atoms with Gasteiger partial charge in [-0.1, -0.05) is 0 Å². The molecule has 0 heterocycles. The Kier molecular flexibility index (Phi) is 9.63. The van der Waals surface area contributed by atoms with Crippen molar-refractivity contribution in [2.45, 2.75) is 36.8 Å². The third-order valence-corrected chi connectivity index (χ3v) is 6.29. The minimum atomic E-state index is -0.142. The maximum atomic E-state index is 2.44. The van der Waals surface area contributed by atoms with Crippen LogP contribution in [-0.4, -0.2) is 0 Å². The van der Waals surface area contributed by atoms with Gasteiger partial charge in [-0.2, -0.15) is 0 Å². The molecular formula is C23H25Cl3Ti. The predicted octanol–water partition coefficient (Wildman–Crippen LogP) is -2.75. The Hall–Kier alpha value is -0.496. The normalized spacial score (nSPS) is 18.7. The SMILES string of the molecule is CC1=C[C]([Ti+3])(C(c2ccccc2)(c2ccccc2)C(C)(C)C)C=C1.[Cl-].[Cl-].[Cl-]. The zero-order chi connectivity index (χ0) is 17.4. The van der Waals surface area contributed by atoms with Crippen molar-refractivity contribution in [3.05, 3.63) is 95.6 Å². The van der Waals surface area contributed by atoms with Crippen LogP contribution in [0.25, 0.3) is 0 Å². The van der Waals surface area contributed by atoms with Gasteiger partial charge in [0.25, 0.3) is 0 Å². The van der Waals surface area contributed by atoms with Gasteiger partial charge in [0.05, 0.1) is 0 Å². The van der Waals surface area contributed by atoms with Crippen LogP contribution in [0.2, 0.25) is 3.72 Å². The van der Waals surface area contributed by atoms with Gasteiger partial charge in [0.2, 0.25) is 0 Å². The number of hydrogen-bond donors (Lipinski definition) is 0. The predicted molar refractivity (Wildman–Crippen MR) is 98.7 cm³/mol. The monoisotopic (exact) mass is 454 g/mol. The van der Waals surface area contributed by atoms with Crippen LogP contribution in [0.3, 0.4) is 0 Å². The number of allylic oxidation sites excluding steroid dienone is 4. The molecule has 0 saturated carbocycles. The van der Waals surface area contributed by atoms with Crippen LogP contribution in [0, 0.1) is 5.41 Å². The van der Waals surface area contributed by atoms with Crippen molar-refractivity contribution in [2.24, 2.45) is 5.41 Å². The van der Waals surface area contributed by atoms with Gasteiger partial charge in [-0.05, 0) is 0 Å². The average molecular weight is 456 g/mol. The summed E-state index contributed by atoms with van der Waals surface area (Å²) in [6, 6.07) is 22.0. The van der Waals surface area contributed by atoms with E-state index in [0.717, 1.165) is 0 Å². The zero-order valence-corrected chi connectivity index (χ0v) is 20.0. The van der Waals surface area contributed by atoms with E-state index in [4.69, 9.17) is 0 Å². The second-order valence-electron chi connectivity index (χ2n) is 7.82. The maximum Gasteiger partial charge on any atom is -1.00 e. The summed E-state index contributed by atoms with van der Waals surface area (Å²) in [6.07, 6.45) is 7.11. The topological polar surface area (TPSA) is 0 Å². The first kappa shape index (κ1) is 26.5. The quantitative estimate of drug-likeness (QED) is 0.441. The van der Waals surface area contributed by atoms with E-state index in [-0.39, 0.29) is 51.8 Å². The Morgan fingerprint density at radius 3 is 1.44 bits per heavy atom. The number of rotatable bonds is 3. The second-order valence-corrected chi connectivity index (χ2v) is 9.11. The first-order valence-corrected chi connectivity index (χ1v) is 9.34. The fourth-order valence-electron chi connectivity index (χ4n) is 4.46. The molecule has 0 fully saturated rings. The molecule has 2 aromatic rings. The van der Waals surface area contributed by atoms with Gasteiger partial charge in [0.1, 0.15) is 0 Å². The van der Waals surface area contributed by atoms with E-state index in [0.29, 0.717) is 0 Å². The first-order chi connectivity index (χ1) is 11.3. The van der Waals surface area contributed by atoms with Crippen LogP contribution < -0.4 is 37.2 Å². The molecule has 1 unspecified atom stereocenters. The van der Waals surface area contributed by atoms with Crippen molar-refractivity contribution >= 4 is 0 Å². The molecule has 0 nitrogen and oxygen atoms in total. The molecule has 27 heavy (non-hydrogen) atoms. The van der Waals surface area contributed by atoms with Crippen molar-refractivity contribution in [3.8, 4) is 0 Å². The van der Waals surface area contributed by atoms with E-state index in [2.05, 4.69) is 127 Å². The van der Waals surface area contributed by atoms with E-state index in [1.807, 2.05) is 0 Å². The summed E-state index contributed by atoms with van der Waals surface area (Å²) in [5.74, 6) is 0. The molecule has 0 saturated heterocycles. The van der Waals surface area contributed by atoms with E-state index in [1.54, 1.807) is 0 Å². The largest absolute Gasteiger partial charge is 1.00 e. The standard InChI is InChI=1S/C23H25.3ClH.Ti/c1-18-15-16-21(17-18)23(22(2,3)4,19-11-7-5-8-12-19)20-13-9-6-10-14-20;;;;/h5-17H,1-4H3;3*1H;/q;;;;+3/p-3. The van der Waals surface area contributed by atoms with Crippen LogP contribution in [0.4, 0.5) is 0 Å². The molecule has 1 atom stereocenters. The van der Waals surface area contributed by atoms with Gasteiger partial charge >= 0.3 is 158 Å². The van der Waals surface area contributed by atoms with Gasteiger partial charge < -0.3 is 37.2 Å². The molecule has 1 aliphatic carbocycles. The molecule has 0 amide bonds. The Bertz CT molecular complexity index is 737. The molecule has 1 aliphatic rings. The van der Waals surface area contributed by atoms with Gasteiger partial charge in [-0.15, -0.1) is 0 Å². The third-order valence-electron chi connectivity index (χ3n) is 5.22. The molecule has 142 valence electrons. The van der Waals surface area contributed by atoms with Crippen LogP contribution in [-0.2, 0) is 25.9 Å². The Morgan fingerprint density at radius 2 is 1.15 bits per heavy atom. The van der Waals surface area contributed by atoms with E-state index in [1.165, 1.54) is 16.7 Å². The molecule has 0 spiro atoms. The molecule has 3 rings (SSSR count). The summed E-state index contributed by atoms with van der Waals surface area (Å²) in [7, 11) is 0. The summed E-state index contributed by atoms with van der Waals surface area (Å²) in [5, 5.41) is 0. The summed E-state index contributed by atoms with van der Waals surface area (Å²) in [6.45, 7) is 9.31. The van der Waals surface area contributed by atoms with Crippen molar-refractivity contribution in [1.82, 2.24) is 0 Å². The van der Waals surface area contributed by atoms with Crippen LogP contribution >= 0.6 is 0 Å². The molecule has 0 N–H and O–H groups in total. The molecule has 0 bridgehead atoms. The molecule has 0 aliphatic heterocycles. The molecule has 2 aromatic carbocycles. The van der Waals surface area contributed by atoms with Gasteiger partial charge in [-0.3, -0.25) is 0 Å². The van der Waals surface area contributed by atoms with Crippen molar-refractivity contribution in [3.63, 3.8) is 0 Å². The van der Waals surface area contributed by atoms with Gasteiger partial charge in [0.15, 0.2) is 0 Å². The fraction of sp³-hybridized carbons (Fsp3) is 0.304. The summed E-state index contributed by atoms with van der Waals surface area (Å²) < 4.78 is -0.0714. The third kappa shape index (κ3) is 4.41. The number of hydrogen-bond acceptors (Lipinski definition) is 0. The van der Waals surface area contributed by atoms with Crippen LogP contribution in [0.1, 0.15) is 38.8 Å². The summed E-state index contributed by atoms with van der Waals surface area (Å²) in [4.78, 5) is 0. The first-order valence-electron chi connectivity index (χ1n) is 8.56. The van der Waals surface area contributed by atoms with Crippen molar-refractivity contribution < 1.29 is 57.7 Å². The molecular weight excluding hydrogens is 430 g/mol.